The fourth-order valence-electron chi connectivity index (χ4n) is 2.84. The highest BCUT2D eigenvalue weighted by Gasteiger charge is 2.25. The largest absolute Gasteiger partial charge is 0.383 e. The zero-order valence-corrected chi connectivity index (χ0v) is 9.87. The number of allylic oxidation sites excluding steroid dienone is 2. The number of hydrogen-bond donors (Lipinski definition) is 0. The molecule has 0 unspecified atom stereocenters. The van der Waals surface area contributed by atoms with Crippen molar-refractivity contribution in [2.45, 2.75) is 51.0 Å². The van der Waals surface area contributed by atoms with Crippen molar-refractivity contribution in [3.63, 3.8) is 0 Å². The third-order valence-corrected chi connectivity index (χ3v) is 3.62. The molecule has 1 aliphatic heterocycles. The van der Waals surface area contributed by atoms with Crippen LogP contribution in [0, 0.1) is 0 Å². The Bertz CT molecular complexity index is 225. The molecule has 2 nitrogen and oxygen atoms in total. The van der Waals surface area contributed by atoms with Gasteiger partial charge in [0.2, 0.25) is 0 Å². The Hall–Kier alpha value is -0.500. The van der Waals surface area contributed by atoms with Crippen LogP contribution in [0.3, 0.4) is 0 Å². The van der Waals surface area contributed by atoms with Crippen LogP contribution in [0.5, 0.6) is 0 Å². The minimum absolute atomic E-state index is 0.652. The molecule has 1 heterocycles. The molecule has 1 fully saturated rings. The zero-order chi connectivity index (χ0) is 10.5. The molecule has 0 N–H and O–H groups in total. The maximum atomic E-state index is 5.31. The van der Waals surface area contributed by atoms with Crippen molar-refractivity contribution in [2.75, 3.05) is 20.3 Å². The molecule has 2 aliphatic rings. The summed E-state index contributed by atoms with van der Waals surface area (Å²) in [5.41, 5.74) is 1.60. The predicted octanol–water partition coefficient (Wildman–Crippen LogP) is 2.95. The number of rotatable bonds is 3. The molecule has 0 amide bonds. The van der Waals surface area contributed by atoms with Gasteiger partial charge in [-0.25, -0.2) is 0 Å². The number of methoxy groups -OCH3 is 1. The van der Waals surface area contributed by atoms with Crippen molar-refractivity contribution in [3.05, 3.63) is 11.8 Å². The molecule has 0 saturated carbocycles. The predicted molar refractivity (Wildman–Crippen MR) is 62.8 cm³/mol. The standard InChI is InChI=1S/C13H23NO/c1-15-11-13-9-6-10-14(13)12-7-4-2-3-5-8-12/h7,13H,2-6,8-11H2,1H3/t13-/m0/s1. The summed E-state index contributed by atoms with van der Waals surface area (Å²) in [6.07, 6.45) is 11.9. The second kappa shape index (κ2) is 5.55. The van der Waals surface area contributed by atoms with Gasteiger partial charge in [0.1, 0.15) is 0 Å². The zero-order valence-electron chi connectivity index (χ0n) is 9.87. The van der Waals surface area contributed by atoms with Crippen molar-refractivity contribution < 1.29 is 4.74 Å². The smallest absolute Gasteiger partial charge is 0.0666 e. The first-order valence-corrected chi connectivity index (χ1v) is 6.36. The highest BCUT2D eigenvalue weighted by molar-refractivity contribution is 5.06. The Morgan fingerprint density at radius 2 is 2.27 bits per heavy atom. The van der Waals surface area contributed by atoms with Gasteiger partial charge in [0, 0.05) is 19.4 Å². The molecular formula is C13H23NO. The minimum Gasteiger partial charge on any atom is -0.383 e. The fraction of sp³-hybridized carbons (Fsp3) is 0.846. The summed E-state index contributed by atoms with van der Waals surface area (Å²) in [6.45, 7) is 2.15. The summed E-state index contributed by atoms with van der Waals surface area (Å²) >= 11 is 0. The van der Waals surface area contributed by atoms with Crippen LogP contribution in [0.25, 0.3) is 0 Å². The van der Waals surface area contributed by atoms with E-state index in [1.807, 2.05) is 7.11 Å². The van der Waals surface area contributed by atoms with Crippen LogP contribution in [0.4, 0.5) is 0 Å². The van der Waals surface area contributed by atoms with Crippen molar-refractivity contribution >= 4 is 0 Å². The fourth-order valence-corrected chi connectivity index (χ4v) is 2.84. The molecule has 0 aromatic heterocycles. The number of nitrogens with zero attached hydrogens (tertiary/aromatic N) is 1. The highest BCUT2D eigenvalue weighted by Crippen LogP contribution is 2.28. The first kappa shape index (κ1) is 11.0. The van der Waals surface area contributed by atoms with Crippen molar-refractivity contribution in [1.29, 1.82) is 0 Å². The van der Waals surface area contributed by atoms with E-state index < -0.39 is 0 Å². The van der Waals surface area contributed by atoms with E-state index in [-0.39, 0.29) is 0 Å². The summed E-state index contributed by atoms with van der Waals surface area (Å²) in [6, 6.07) is 0.652. The van der Waals surface area contributed by atoms with Gasteiger partial charge in [0.25, 0.3) is 0 Å². The minimum atomic E-state index is 0.652. The van der Waals surface area contributed by atoms with E-state index in [4.69, 9.17) is 4.74 Å². The van der Waals surface area contributed by atoms with E-state index in [1.54, 1.807) is 5.70 Å². The Labute approximate surface area is 93.3 Å². The second-order valence-corrected chi connectivity index (χ2v) is 4.74. The van der Waals surface area contributed by atoms with E-state index in [2.05, 4.69) is 11.0 Å². The highest BCUT2D eigenvalue weighted by atomic mass is 16.5. The molecule has 2 rings (SSSR count). The lowest BCUT2D eigenvalue weighted by atomic mass is 10.2. The molecule has 15 heavy (non-hydrogen) atoms. The van der Waals surface area contributed by atoms with Crippen LogP contribution in [-0.2, 0) is 4.74 Å². The van der Waals surface area contributed by atoms with Crippen molar-refractivity contribution in [3.8, 4) is 0 Å². The third-order valence-electron chi connectivity index (χ3n) is 3.62. The molecule has 0 spiro atoms. The lowest BCUT2D eigenvalue weighted by molar-refractivity contribution is 0.130. The van der Waals surface area contributed by atoms with Crippen LogP contribution >= 0.6 is 0 Å². The van der Waals surface area contributed by atoms with E-state index >= 15 is 0 Å². The van der Waals surface area contributed by atoms with Crippen LogP contribution in [0.15, 0.2) is 11.8 Å². The van der Waals surface area contributed by atoms with Crippen molar-refractivity contribution in [2.24, 2.45) is 0 Å². The van der Waals surface area contributed by atoms with Gasteiger partial charge in [-0.15, -0.1) is 0 Å². The first-order valence-electron chi connectivity index (χ1n) is 6.36. The molecule has 2 heteroatoms. The first-order chi connectivity index (χ1) is 7.42. The summed E-state index contributed by atoms with van der Waals surface area (Å²) in [7, 11) is 1.82. The third kappa shape index (κ3) is 2.75. The SMILES string of the molecule is COC[C@@H]1CCCN1C1=CCCCCC1. The maximum absolute atomic E-state index is 5.31. The van der Waals surface area contributed by atoms with Gasteiger partial charge < -0.3 is 9.64 Å². The molecule has 0 aromatic rings. The Morgan fingerprint density at radius 3 is 3.13 bits per heavy atom. The van der Waals surface area contributed by atoms with Crippen LogP contribution < -0.4 is 0 Å². The van der Waals surface area contributed by atoms with Gasteiger partial charge in [-0.1, -0.05) is 12.5 Å². The molecule has 86 valence electrons. The normalized spacial score (nSPS) is 27.7. The summed E-state index contributed by atoms with van der Waals surface area (Å²) in [4.78, 5) is 2.61. The Balaban J connectivity index is 1.97. The number of hydrogen-bond acceptors (Lipinski definition) is 2. The number of ether oxygens (including phenoxy) is 1. The maximum Gasteiger partial charge on any atom is 0.0666 e. The van der Waals surface area contributed by atoms with Gasteiger partial charge >= 0.3 is 0 Å². The van der Waals surface area contributed by atoms with E-state index in [1.165, 1.54) is 51.5 Å². The van der Waals surface area contributed by atoms with Gasteiger partial charge in [-0.2, -0.15) is 0 Å². The molecule has 1 aliphatic carbocycles. The molecule has 0 aromatic carbocycles. The van der Waals surface area contributed by atoms with Crippen LogP contribution in [0.1, 0.15) is 44.9 Å². The monoisotopic (exact) mass is 209 g/mol. The second-order valence-electron chi connectivity index (χ2n) is 4.74. The van der Waals surface area contributed by atoms with Gasteiger partial charge in [0.05, 0.1) is 12.6 Å². The quantitative estimate of drug-likeness (QED) is 0.708. The average molecular weight is 209 g/mol. The van der Waals surface area contributed by atoms with Crippen LogP contribution in [-0.4, -0.2) is 31.2 Å². The molecule has 0 radical (unpaired) electrons. The number of likely N-dealkylation sites (tertiary alicyclic amines) is 1. The van der Waals surface area contributed by atoms with Crippen molar-refractivity contribution in [1.82, 2.24) is 4.90 Å². The summed E-state index contributed by atoms with van der Waals surface area (Å²) in [5, 5.41) is 0. The molecule has 1 saturated heterocycles. The van der Waals surface area contributed by atoms with E-state index in [9.17, 15) is 0 Å². The van der Waals surface area contributed by atoms with Gasteiger partial charge in [-0.3, -0.25) is 0 Å². The summed E-state index contributed by atoms with van der Waals surface area (Å²) in [5.74, 6) is 0. The Morgan fingerprint density at radius 1 is 1.33 bits per heavy atom. The van der Waals surface area contributed by atoms with E-state index in [0.717, 1.165) is 6.61 Å². The van der Waals surface area contributed by atoms with E-state index in [0.29, 0.717) is 6.04 Å². The van der Waals surface area contributed by atoms with Gasteiger partial charge in [-0.05, 0) is 38.5 Å². The lowest BCUT2D eigenvalue weighted by Crippen LogP contribution is -2.32. The molecule has 1 atom stereocenters. The lowest BCUT2D eigenvalue weighted by Gasteiger charge is -2.28. The molecule has 0 bridgehead atoms. The average Bonchev–Trinajstić information content (AvgIpc) is 2.53. The van der Waals surface area contributed by atoms with Gasteiger partial charge in [0.15, 0.2) is 0 Å². The van der Waals surface area contributed by atoms with Crippen LogP contribution in [0.2, 0.25) is 0 Å². The molecular weight excluding hydrogens is 186 g/mol. The summed E-state index contributed by atoms with van der Waals surface area (Å²) < 4.78 is 5.31. The Kier molecular flexibility index (Phi) is 4.07. The topological polar surface area (TPSA) is 12.5 Å².